The molecule has 0 saturated carbocycles. The molecular formula is C15H22N2O3. The van der Waals surface area contributed by atoms with Crippen molar-refractivity contribution in [2.45, 2.75) is 13.3 Å². The fourth-order valence-electron chi connectivity index (χ4n) is 2.57. The van der Waals surface area contributed by atoms with Crippen molar-refractivity contribution in [2.24, 2.45) is 5.92 Å². The van der Waals surface area contributed by atoms with Gasteiger partial charge in [-0.2, -0.15) is 0 Å². The average molecular weight is 278 g/mol. The predicted octanol–water partition coefficient (Wildman–Crippen LogP) is 1.78. The molecule has 0 radical (unpaired) electrons. The van der Waals surface area contributed by atoms with E-state index >= 15 is 0 Å². The number of methoxy groups -OCH3 is 1. The number of ether oxygens (including phenoxy) is 2. The van der Waals surface area contributed by atoms with E-state index in [2.05, 4.69) is 0 Å². The Hall–Kier alpha value is -1.75. The van der Waals surface area contributed by atoms with Gasteiger partial charge in [-0.1, -0.05) is 0 Å². The summed E-state index contributed by atoms with van der Waals surface area (Å²) < 4.78 is 10.6. The van der Waals surface area contributed by atoms with Crippen LogP contribution in [0, 0.1) is 5.92 Å². The molecule has 1 atom stereocenters. The van der Waals surface area contributed by atoms with Gasteiger partial charge in [0.25, 0.3) is 5.91 Å². The van der Waals surface area contributed by atoms with Crippen LogP contribution in [0.3, 0.4) is 0 Å². The van der Waals surface area contributed by atoms with E-state index in [1.165, 1.54) is 0 Å². The number of nitrogen functional groups attached to an aromatic ring is 1. The molecule has 2 N–H and O–H groups in total. The molecule has 0 bridgehead atoms. The number of rotatable bonds is 5. The van der Waals surface area contributed by atoms with Gasteiger partial charge in [0.1, 0.15) is 5.75 Å². The Morgan fingerprint density at radius 2 is 2.25 bits per heavy atom. The van der Waals surface area contributed by atoms with Crippen molar-refractivity contribution >= 4 is 11.6 Å². The summed E-state index contributed by atoms with van der Waals surface area (Å²) in [5.74, 6) is 1.08. The third-order valence-corrected chi connectivity index (χ3v) is 3.46. The van der Waals surface area contributed by atoms with E-state index in [1.54, 1.807) is 25.3 Å². The molecule has 1 aliphatic rings. The second-order valence-corrected chi connectivity index (χ2v) is 5.08. The van der Waals surface area contributed by atoms with Crippen molar-refractivity contribution in [2.75, 3.05) is 39.1 Å². The average Bonchev–Trinajstić information content (AvgIpc) is 2.86. The molecule has 0 aromatic heterocycles. The Bertz CT molecular complexity index is 476. The Balaban J connectivity index is 2.09. The zero-order chi connectivity index (χ0) is 14.5. The minimum Gasteiger partial charge on any atom is -0.494 e. The number of nitrogens with zero attached hydrogens (tertiary/aromatic N) is 1. The Morgan fingerprint density at radius 3 is 2.95 bits per heavy atom. The minimum atomic E-state index is 0.0110. The number of hydrogen-bond acceptors (Lipinski definition) is 4. The summed E-state index contributed by atoms with van der Waals surface area (Å²) >= 11 is 0. The van der Waals surface area contributed by atoms with Gasteiger partial charge in [-0.25, -0.2) is 0 Å². The molecule has 1 amide bonds. The standard InChI is InChI=1S/C15H22N2O3/c1-3-20-14-7-12(6-13(16)8-14)15(18)17-5-4-11(9-17)10-19-2/h6-8,11H,3-5,9-10,16H2,1-2H3. The number of nitrogens with two attached hydrogens (primary N) is 1. The van der Waals surface area contributed by atoms with Gasteiger partial charge < -0.3 is 20.1 Å². The number of carbonyl (C=O) groups excluding carboxylic acids is 1. The maximum atomic E-state index is 12.5. The second-order valence-electron chi connectivity index (χ2n) is 5.08. The maximum absolute atomic E-state index is 12.5. The molecule has 1 aromatic carbocycles. The molecule has 0 spiro atoms. The van der Waals surface area contributed by atoms with E-state index in [4.69, 9.17) is 15.2 Å². The lowest BCUT2D eigenvalue weighted by atomic mass is 10.1. The Morgan fingerprint density at radius 1 is 1.45 bits per heavy atom. The monoisotopic (exact) mass is 278 g/mol. The zero-order valence-electron chi connectivity index (χ0n) is 12.1. The van der Waals surface area contributed by atoms with Crippen LogP contribution in [0.25, 0.3) is 0 Å². The van der Waals surface area contributed by atoms with E-state index < -0.39 is 0 Å². The van der Waals surface area contributed by atoms with Crippen LogP contribution < -0.4 is 10.5 Å². The van der Waals surface area contributed by atoms with Crippen LogP contribution in [0.5, 0.6) is 5.75 Å². The minimum absolute atomic E-state index is 0.0110. The zero-order valence-corrected chi connectivity index (χ0v) is 12.1. The Kier molecular flexibility index (Phi) is 4.84. The van der Waals surface area contributed by atoms with Gasteiger partial charge in [0.15, 0.2) is 0 Å². The smallest absolute Gasteiger partial charge is 0.254 e. The summed E-state index contributed by atoms with van der Waals surface area (Å²) in [7, 11) is 1.69. The van der Waals surface area contributed by atoms with Crippen LogP contribution in [0.15, 0.2) is 18.2 Å². The van der Waals surface area contributed by atoms with Gasteiger partial charge >= 0.3 is 0 Å². The molecular weight excluding hydrogens is 256 g/mol. The van der Waals surface area contributed by atoms with E-state index in [-0.39, 0.29) is 5.91 Å². The molecule has 1 fully saturated rings. The predicted molar refractivity (Wildman–Crippen MR) is 77.9 cm³/mol. The Labute approximate surface area is 119 Å². The van der Waals surface area contributed by atoms with Crippen molar-refractivity contribution < 1.29 is 14.3 Å². The fourth-order valence-corrected chi connectivity index (χ4v) is 2.57. The van der Waals surface area contributed by atoms with Gasteiger partial charge in [0.05, 0.1) is 13.2 Å². The van der Waals surface area contributed by atoms with E-state index in [9.17, 15) is 4.79 Å². The third-order valence-electron chi connectivity index (χ3n) is 3.46. The second kappa shape index (κ2) is 6.61. The number of hydrogen-bond donors (Lipinski definition) is 1. The molecule has 1 aromatic rings. The quantitative estimate of drug-likeness (QED) is 0.834. The molecule has 2 rings (SSSR count). The number of amides is 1. The van der Waals surface area contributed by atoms with Crippen LogP contribution in [-0.2, 0) is 4.74 Å². The molecule has 0 aliphatic carbocycles. The lowest BCUT2D eigenvalue weighted by Crippen LogP contribution is -2.29. The molecule has 1 heterocycles. The van der Waals surface area contributed by atoms with Crippen molar-refractivity contribution in [1.29, 1.82) is 0 Å². The maximum Gasteiger partial charge on any atom is 0.254 e. The molecule has 1 unspecified atom stereocenters. The van der Waals surface area contributed by atoms with E-state index in [1.807, 2.05) is 11.8 Å². The van der Waals surface area contributed by atoms with Crippen molar-refractivity contribution in [3.63, 3.8) is 0 Å². The molecule has 1 aliphatic heterocycles. The van der Waals surface area contributed by atoms with Gasteiger partial charge in [0, 0.05) is 43.4 Å². The third kappa shape index (κ3) is 3.42. The first kappa shape index (κ1) is 14.7. The van der Waals surface area contributed by atoms with Gasteiger partial charge in [-0.15, -0.1) is 0 Å². The highest BCUT2D eigenvalue weighted by Crippen LogP contribution is 2.23. The summed E-state index contributed by atoms with van der Waals surface area (Å²) in [6.07, 6.45) is 0.986. The number of anilines is 1. The summed E-state index contributed by atoms with van der Waals surface area (Å²) in [6, 6.07) is 5.19. The van der Waals surface area contributed by atoms with Gasteiger partial charge in [-0.05, 0) is 25.5 Å². The first-order valence-corrected chi connectivity index (χ1v) is 6.95. The number of likely N-dealkylation sites (tertiary alicyclic amines) is 1. The fraction of sp³-hybridized carbons (Fsp3) is 0.533. The first-order valence-electron chi connectivity index (χ1n) is 6.95. The highest BCUT2D eigenvalue weighted by molar-refractivity contribution is 5.95. The molecule has 20 heavy (non-hydrogen) atoms. The van der Waals surface area contributed by atoms with Gasteiger partial charge in [0.2, 0.25) is 0 Å². The largest absolute Gasteiger partial charge is 0.494 e. The van der Waals surface area contributed by atoms with Crippen molar-refractivity contribution in [3.8, 4) is 5.75 Å². The van der Waals surface area contributed by atoms with Crippen LogP contribution >= 0.6 is 0 Å². The lowest BCUT2D eigenvalue weighted by Gasteiger charge is -2.17. The van der Waals surface area contributed by atoms with E-state index in [0.29, 0.717) is 36.1 Å². The lowest BCUT2D eigenvalue weighted by molar-refractivity contribution is 0.0775. The van der Waals surface area contributed by atoms with Crippen LogP contribution in [-0.4, -0.2) is 44.2 Å². The SMILES string of the molecule is CCOc1cc(N)cc(C(=O)N2CCC(COC)C2)c1. The highest BCUT2D eigenvalue weighted by Gasteiger charge is 2.27. The van der Waals surface area contributed by atoms with E-state index in [0.717, 1.165) is 19.5 Å². The highest BCUT2D eigenvalue weighted by atomic mass is 16.5. The number of benzene rings is 1. The molecule has 110 valence electrons. The van der Waals surface area contributed by atoms with Crippen LogP contribution in [0.4, 0.5) is 5.69 Å². The number of carbonyl (C=O) groups is 1. The first-order chi connectivity index (χ1) is 9.63. The molecule has 1 saturated heterocycles. The summed E-state index contributed by atoms with van der Waals surface area (Å²) in [5.41, 5.74) is 6.97. The van der Waals surface area contributed by atoms with Gasteiger partial charge in [-0.3, -0.25) is 4.79 Å². The summed E-state index contributed by atoms with van der Waals surface area (Å²) in [4.78, 5) is 14.3. The van der Waals surface area contributed by atoms with Crippen molar-refractivity contribution in [1.82, 2.24) is 4.90 Å². The molecule has 5 heteroatoms. The molecule has 5 nitrogen and oxygen atoms in total. The summed E-state index contributed by atoms with van der Waals surface area (Å²) in [5, 5.41) is 0. The topological polar surface area (TPSA) is 64.8 Å². The summed E-state index contributed by atoms with van der Waals surface area (Å²) in [6.45, 7) is 4.67. The normalized spacial score (nSPS) is 18.3. The van der Waals surface area contributed by atoms with Crippen LogP contribution in [0.2, 0.25) is 0 Å². The van der Waals surface area contributed by atoms with Crippen LogP contribution in [0.1, 0.15) is 23.7 Å². The van der Waals surface area contributed by atoms with Crippen molar-refractivity contribution in [3.05, 3.63) is 23.8 Å².